The summed E-state index contributed by atoms with van der Waals surface area (Å²) in [7, 11) is 0. The molecule has 3 fully saturated rings. The van der Waals surface area contributed by atoms with Crippen LogP contribution >= 0.6 is 0 Å². The minimum atomic E-state index is -1.90. The zero-order valence-electron chi connectivity index (χ0n) is 17.9. The van der Waals surface area contributed by atoms with E-state index >= 15 is 0 Å². The first-order valence-corrected chi connectivity index (χ1v) is 10.9. The van der Waals surface area contributed by atoms with Gasteiger partial charge in [-0.2, -0.15) is 15.8 Å². The Labute approximate surface area is 182 Å². The first-order valence-electron chi connectivity index (χ1n) is 10.9. The predicted molar refractivity (Wildman–Crippen MR) is 110 cm³/mol. The summed E-state index contributed by atoms with van der Waals surface area (Å²) in [6.07, 6.45) is 3.00. The normalized spacial score (nSPS) is 35.1. The fraction of sp³-hybridized carbons (Fsp3) is 0.583. The van der Waals surface area contributed by atoms with Gasteiger partial charge in [-0.1, -0.05) is 31.9 Å². The van der Waals surface area contributed by atoms with E-state index in [0.717, 1.165) is 19.3 Å². The number of rotatable bonds is 5. The van der Waals surface area contributed by atoms with Crippen molar-refractivity contribution < 1.29 is 14.2 Å². The minimum Gasteiger partial charge on any atom is -0.494 e. The molecule has 1 N–H and O–H groups in total. The summed E-state index contributed by atoms with van der Waals surface area (Å²) < 4.78 is 18.0. The van der Waals surface area contributed by atoms with Gasteiger partial charge in [-0.05, 0) is 43.4 Å². The molecule has 160 valence electrons. The lowest BCUT2D eigenvalue weighted by atomic mass is 9.50. The van der Waals surface area contributed by atoms with Crippen molar-refractivity contribution in [3.63, 3.8) is 0 Å². The van der Waals surface area contributed by atoms with Gasteiger partial charge in [0.15, 0.2) is 5.41 Å². The molecule has 1 aliphatic carbocycles. The number of hydrogen-bond acceptors (Lipinski definition) is 7. The summed E-state index contributed by atoms with van der Waals surface area (Å²) in [6.45, 7) is 4.53. The van der Waals surface area contributed by atoms with E-state index in [-0.39, 0.29) is 5.90 Å². The Hall–Kier alpha value is -3.08. The van der Waals surface area contributed by atoms with Gasteiger partial charge in [-0.25, -0.2) is 0 Å². The van der Waals surface area contributed by atoms with Crippen molar-refractivity contribution in [3.05, 3.63) is 29.8 Å². The number of ether oxygens (including phenoxy) is 3. The summed E-state index contributed by atoms with van der Waals surface area (Å²) in [5.74, 6) is -0.974. The fourth-order valence-electron chi connectivity index (χ4n) is 5.79. The highest BCUT2D eigenvalue weighted by atomic mass is 16.7. The summed E-state index contributed by atoms with van der Waals surface area (Å²) in [4.78, 5) is 0. The van der Waals surface area contributed by atoms with Crippen molar-refractivity contribution in [2.24, 2.45) is 22.7 Å². The average Bonchev–Trinajstić information content (AvgIpc) is 2.98. The van der Waals surface area contributed by atoms with Gasteiger partial charge < -0.3 is 14.2 Å². The van der Waals surface area contributed by atoms with Gasteiger partial charge in [0.1, 0.15) is 11.9 Å². The van der Waals surface area contributed by atoms with Crippen LogP contribution in [0, 0.1) is 62.1 Å². The maximum Gasteiger partial charge on any atom is 0.217 e. The van der Waals surface area contributed by atoms with Gasteiger partial charge in [0.2, 0.25) is 17.1 Å². The molecule has 1 aromatic rings. The molecule has 5 atom stereocenters. The lowest BCUT2D eigenvalue weighted by molar-refractivity contribution is -0.299. The highest BCUT2D eigenvalue weighted by molar-refractivity contribution is 5.89. The molecule has 1 aromatic carbocycles. The van der Waals surface area contributed by atoms with Gasteiger partial charge in [0, 0.05) is 6.42 Å². The molecule has 2 bridgehead atoms. The van der Waals surface area contributed by atoms with Crippen LogP contribution in [0.5, 0.6) is 5.75 Å². The van der Waals surface area contributed by atoms with Crippen molar-refractivity contribution in [1.29, 1.82) is 21.2 Å². The topological polar surface area (TPSA) is 123 Å². The Bertz CT molecular complexity index is 988. The Morgan fingerprint density at radius 3 is 2.42 bits per heavy atom. The Kier molecular flexibility index (Phi) is 5.16. The molecule has 7 nitrogen and oxygen atoms in total. The third-order valence-corrected chi connectivity index (χ3v) is 7.21. The lowest BCUT2D eigenvalue weighted by Crippen LogP contribution is -2.61. The number of hydrogen-bond donors (Lipinski definition) is 1. The fourth-order valence-corrected chi connectivity index (χ4v) is 5.79. The molecule has 5 unspecified atom stereocenters. The van der Waals surface area contributed by atoms with E-state index in [1.807, 2.05) is 6.92 Å². The largest absolute Gasteiger partial charge is 0.494 e. The Balaban J connectivity index is 1.86. The second-order valence-electron chi connectivity index (χ2n) is 8.68. The number of nitriles is 3. The van der Waals surface area contributed by atoms with Crippen molar-refractivity contribution in [3.8, 4) is 24.0 Å². The van der Waals surface area contributed by atoms with Gasteiger partial charge in [0.25, 0.3) is 0 Å². The van der Waals surface area contributed by atoms with Crippen molar-refractivity contribution in [1.82, 2.24) is 0 Å². The summed E-state index contributed by atoms with van der Waals surface area (Å²) in [5, 5.41) is 39.7. The SMILES string of the molecule is CCCC1CCC23OC(=N)C(C#N)(C2C1)C(C#N)(C#N)C(c1ccc(OCC)cc1)O3. The molecule has 4 rings (SSSR count). The zero-order chi connectivity index (χ0) is 22.3. The van der Waals surface area contributed by atoms with Crippen molar-refractivity contribution in [2.75, 3.05) is 6.61 Å². The molecule has 31 heavy (non-hydrogen) atoms. The van der Waals surface area contributed by atoms with Crippen LogP contribution in [0.3, 0.4) is 0 Å². The van der Waals surface area contributed by atoms with Crippen LogP contribution in [0.4, 0.5) is 0 Å². The first kappa shape index (κ1) is 21.2. The van der Waals surface area contributed by atoms with Crippen LogP contribution in [0.15, 0.2) is 24.3 Å². The quantitative estimate of drug-likeness (QED) is 0.744. The van der Waals surface area contributed by atoms with Crippen LogP contribution < -0.4 is 4.74 Å². The molecule has 7 heteroatoms. The van der Waals surface area contributed by atoms with E-state index in [1.165, 1.54) is 0 Å². The van der Waals surface area contributed by atoms with Crippen molar-refractivity contribution in [2.45, 2.75) is 57.8 Å². The molecule has 2 heterocycles. The monoisotopic (exact) mass is 418 g/mol. The molecule has 0 radical (unpaired) electrons. The molecule has 1 saturated carbocycles. The molecule has 0 aromatic heterocycles. The maximum atomic E-state index is 10.4. The second kappa shape index (κ2) is 7.56. The smallest absolute Gasteiger partial charge is 0.217 e. The van der Waals surface area contributed by atoms with E-state index < -0.39 is 28.6 Å². The van der Waals surface area contributed by atoms with E-state index in [1.54, 1.807) is 24.3 Å². The number of nitrogens with one attached hydrogen (secondary N) is 1. The molecular formula is C24H26N4O3. The summed E-state index contributed by atoms with van der Waals surface area (Å²) in [5.41, 5.74) is -2.98. The first-order chi connectivity index (χ1) is 15.0. The van der Waals surface area contributed by atoms with Gasteiger partial charge in [0.05, 0.1) is 30.7 Å². The average molecular weight is 418 g/mol. The van der Waals surface area contributed by atoms with E-state index in [4.69, 9.17) is 19.6 Å². The maximum absolute atomic E-state index is 10.4. The van der Waals surface area contributed by atoms with Crippen LogP contribution in [-0.4, -0.2) is 18.3 Å². The van der Waals surface area contributed by atoms with Crippen LogP contribution in [0.2, 0.25) is 0 Å². The van der Waals surface area contributed by atoms with Crippen LogP contribution in [0.1, 0.15) is 57.6 Å². The number of benzene rings is 1. The summed E-state index contributed by atoms with van der Waals surface area (Å²) >= 11 is 0. The Morgan fingerprint density at radius 2 is 1.84 bits per heavy atom. The summed E-state index contributed by atoms with van der Waals surface area (Å²) in [6, 6.07) is 13.5. The Morgan fingerprint density at radius 1 is 1.13 bits per heavy atom. The molecule has 0 amide bonds. The van der Waals surface area contributed by atoms with Gasteiger partial charge in [-0.3, -0.25) is 5.41 Å². The zero-order valence-corrected chi connectivity index (χ0v) is 17.9. The molecule has 2 aliphatic heterocycles. The lowest BCUT2D eigenvalue weighted by Gasteiger charge is -2.52. The standard InChI is InChI=1S/C24H26N4O3/c1-3-5-16-10-11-24-19(12-16)23(15-27,21(28)31-24)22(13-25,14-26)20(30-24)17-6-8-18(9-7-17)29-4-2/h6-9,16,19-20,28H,3-5,10-12H2,1-2H3. The highest BCUT2D eigenvalue weighted by Gasteiger charge is 2.80. The third-order valence-electron chi connectivity index (χ3n) is 7.21. The molecule has 2 saturated heterocycles. The van der Waals surface area contributed by atoms with E-state index in [2.05, 4.69) is 25.1 Å². The van der Waals surface area contributed by atoms with E-state index in [0.29, 0.717) is 36.7 Å². The second-order valence-corrected chi connectivity index (χ2v) is 8.68. The van der Waals surface area contributed by atoms with Crippen molar-refractivity contribution >= 4 is 5.90 Å². The highest BCUT2D eigenvalue weighted by Crippen LogP contribution is 2.70. The number of nitrogens with zero attached hydrogens (tertiary/aromatic N) is 3. The van der Waals surface area contributed by atoms with Gasteiger partial charge >= 0.3 is 0 Å². The molecule has 0 spiro atoms. The van der Waals surface area contributed by atoms with Crippen LogP contribution in [0.25, 0.3) is 0 Å². The van der Waals surface area contributed by atoms with Crippen LogP contribution in [-0.2, 0) is 9.47 Å². The minimum absolute atomic E-state index is 0.311. The molecular weight excluding hydrogens is 392 g/mol. The van der Waals surface area contributed by atoms with Gasteiger partial charge in [-0.15, -0.1) is 0 Å². The predicted octanol–water partition coefficient (Wildman–Crippen LogP) is 4.62. The molecule has 3 aliphatic rings. The third kappa shape index (κ3) is 2.68. The van der Waals surface area contributed by atoms with E-state index in [9.17, 15) is 15.8 Å².